The van der Waals surface area contributed by atoms with Crippen LogP contribution in [-0.2, 0) is 4.74 Å². The Labute approximate surface area is 208 Å². The van der Waals surface area contributed by atoms with Gasteiger partial charge in [0.15, 0.2) is 17.5 Å². The monoisotopic (exact) mass is 516 g/mol. The summed E-state index contributed by atoms with van der Waals surface area (Å²) in [6.07, 6.45) is 5.57. The highest BCUT2D eigenvalue weighted by atomic mass is 32.1. The number of anilines is 2. The van der Waals surface area contributed by atoms with Gasteiger partial charge in [0.1, 0.15) is 11.1 Å². The van der Waals surface area contributed by atoms with Crippen LogP contribution in [0.2, 0.25) is 0 Å². The minimum atomic E-state index is -1.05. The largest absolute Gasteiger partial charge is 0.457 e. The maximum Gasteiger partial charge on any atom is 0.341 e. The molecule has 0 bridgehead atoms. The fraction of sp³-hybridized carbons (Fsp3) is 0.261. The summed E-state index contributed by atoms with van der Waals surface area (Å²) in [5, 5.41) is 5.20. The molecule has 1 aliphatic heterocycles. The van der Waals surface area contributed by atoms with E-state index in [9.17, 15) is 23.2 Å². The number of benzene rings is 1. The fourth-order valence-electron chi connectivity index (χ4n) is 3.66. The number of halogens is 2. The number of urea groups is 2. The number of amides is 4. The summed E-state index contributed by atoms with van der Waals surface area (Å²) in [5.74, 6) is -2.62. The van der Waals surface area contributed by atoms with Crippen LogP contribution in [0.4, 0.5) is 29.2 Å². The van der Waals surface area contributed by atoms with Crippen LogP contribution in [0.5, 0.6) is 0 Å². The third-order valence-electron chi connectivity index (χ3n) is 5.40. The molecule has 1 fully saturated rings. The lowest BCUT2D eigenvalue weighted by Crippen LogP contribution is -2.41. The van der Waals surface area contributed by atoms with Gasteiger partial charge in [0.2, 0.25) is 0 Å². The van der Waals surface area contributed by atoms with Gasteiger partial charge in [0.25, 0.3) is 0 Å². The molecule has 4 amide bonds. The molecule has 0 radical (unpaired) electrons. The Kier molecular flexibility index (Phi) is 7.68. The first-order chi connectivity index (χ1) is 17.3. The second-order valence-corrected chi connectivity index (χ2v) is 9.01. The maximum absolute atomic E-state index is 13.8. The molecule has 1 atom stereocenters. The summed E-state index contributed by atoms with van der Waals surface area (Å²) >= 11 is 0.984. The van der Waals surface area contributed by atoms with Crippen molar-refractivity contribution in [3.05, 3.63) is 60.1 Å². The standard InChI is InChI=1S/C23H22F2N6O4S/c24-16-5-4-13(9-17(16)25)18-10-15(20(36-18)30-23(34)29-19-11-27-6-7-28-19)21(32)35-14-3-1-2-8-31(12-14)22(26)33/h4-7,9-11,14H,1-3,8,12H2,(H2,26,33)(H2,28,29,30,34). The lowest BCUT2D eigenvalue weighted by molar-refractivity contribution is 0.0242. The molecule has 1 aromatic carbocycles. The van der Waals surface area contributed by atoms with Crippen LogP contribution >= 0.6 is 11.3 Å². The molecule has 0 aliphatic carbocycles. The van der Waals surface area contributed by atoms with Gasteiger partial charge in [-0.05, 0) is 43.0 Å². The number of carbonyl (C=O) groups is 3. The van der Waals surface area contributed by atoms with Gasteiger partial charge in [-0.3, -0.25) is 15.6 Å². The summed E-state index contributed by atoms with van der Waals surface area (Å²) in [5.41, 5.74) is 5.73. The van der Waals surface area contributed by atoms with Crippen molar-refractivity contribution in [2.24, 2.45) is 5.73 Å². The average molecular weight is 517 g/mol. The average Bonchev–Trinajstić information content (AvgIpc) is 3.11. The number of primary amides is 1. The Morgan fingerprint density at radius 1 is 1.11 bits per heavy atom. The highest BCUT2D eigenvalue weighted by Gasteiger charge is 2.27. The SMILES string of the molecule is NC(=O)N1CCCCC(OC(=O)c2cc(-c3ccc(F)c(F)c3)sc2NC(=O)Nc2cnccn2)C1. The predicted molar refractivity (Wildman–Crippen MR) is 129 cm³/mol. The fourth-order valence-corrected chi connectivity index (χ4v) is 4.69. The zero-order valence-electron chi connectivity index (χ0n) is 18.9. The molecule has 4 N–H and O–H groups in total. The van der Waals surface area contributed by atoms with E-state index in [1.807, 2.05) is 0 Å². The Hall–Kier alpha value is -4.13. The summed E-state index contributed by atoms with van der Waals surface area (Å²) < 4.78 is 32.9. The van der Waals surface area contributed by atoms with E-state index in [2.05, 4.69) is 20.6 Å². The minimum Gasteiger partial charge on any atom is -0.457 e. The number of thiophene rings is 1. The van der Waals surface area contributed by atoms with E-state index in [-0.39, 0.29) is 22.9 Å². The van der Waals surface area contributed by atoms with E-state index < -0.39 is 35.8 Å². The molecule has 3 heterocycles. The van der Waals surface area contributed by atoms with Gasteiger partial charge in [-0.1, -0.05) is 6.07 Å². The number of nitrogens with one attached hydrogen (secondary N) is 2. The highest BCUT2D eigenvalue weighted by molar-refractivity contribution is 7.20. The number of nitrogens with two attached hydrogens (primary N) is 1. The van der Waals surface area contributed by atoms with Gasteiger partial charge in [0, 0.05) is 23.8 Å². The number of nitrogens with zero attached hydrogens (tertiary/aromatic N) is 3. The van der Waals surface area contributed by atoms with Crippen molar-refractivity contribution in [3.63, 3.8) is 0 Å². The van der Waals surface area contributed by atoms with Crippen molar-refractivity contribution in [3.8, 4) is 10.4 Å². The second-order valence-electron chi connectivity index (χ2n) is 7.96. The number of carbonyl (C=O) groups excluding carboxylic acids is 3. The zero-order chi connectivity index (χ0) is 25.7. The predicted octanol–water partition coefficient (Wildman–Crippen LogP) is 4.22. The van der Waals surface area contributed by atoms with E-state index in [1.165, 1.54) is 35.6 Å². The van der Waals surface area contributed by atoms with Crippen molar-refractivity contribution in [2.45, 2.75) is 25.4 Å². The summed E-state index contributed by atoms with van der Waals surface area (Å²) in [4.78, 5) is 47.0. The zero-order valence-corrected chi connectivity index (χ0v) is 19.7. The van der Waals surface area contributed by atoms with Crippen LogP contribution in [0.1, 0.15) is 29.6 Å². The molecule has 4 rings (SSSR count). The van der Waals surface area contributed by atoms with Crippen LogP contribution < -0.4 is 16.4 Å². The number of hydrogen-bond donors (Lipinski definition) is 3. The maximum atomic E-state index is 13.8. The van der Waals surface area contributed by atoms with Crippen molar-refractivity contribution >= 4 is 40.2 Å². The lowest BCUT2D eigenvalue weighted by Gasteiger charge is -2.22. The molecule has 2 aromatic heterocycles. The quantitative estimate of drug-likeness (QED) is 0.434. The van der Waals surface area contributed by atoms with Crippen LogP contribution in [0.3, 0.4) is 0 Å². The lowest BCUT2D eigenvalue weighted by atomic mass is 10.1. The van der Waals surface area contributed by atoms with Crippen LogP contribution in [-0.4, -0.2) is 52.1 Å². The summed E-state index contributed by atoms with van der Waals surface area (Å²) in [6.45, 7) is 0.620. The van der Waals surface area contributed by atoms with E-state index in [1.54, 1.807) is 0 Å². The molecular weight excluding hydrogens is 494 g/mol. The highest BCUT2D eigenvalue weighted by Crippen LogP contribution is 2.37. The number of likely N-dealkylation sites (tertiary alicyclic amines) is 1. The van der Waals surface area contributed by atoms with Gasteiger partial charge in [0.05, 0.1) is 18.3 Å². The van der Waals surface area contributed by atoms with Gasteiger partial charge in [-0.2, -0.15) is 0 Å². The molecule has 0 saturated carbocycles. The topological polar surface area (TPSA) is 140 Å². The summed E-state index contributed by atoms with van der Waals surface area (Å²) in [6, 6.07) is 3.46. The number of hydrogen-bond acceptors (Lipinski definition) is 7. The number of aromatic nitrogens is 2. The number of ether oxygens (including phenoxy) is 1. The smallest absolute Gasteiger partial charge is 0.341 e. The number of esters is 1. The first-order valence-corrected chi connectivity index (χ1v) is 11.8. The van der Waals surface area contributed by atoms with Crippen molar-refractivity contribution in [1.82, 2.24) is 14.9 Å². The molecule has 1 unspecified atom stereocenters. The summed E-state index contributed by atoms with van der Waals surface area (Å²) in [7, 11) is 0. The van der Waals surface area contributed by atoms with E-state index in [4.69, 9.17) is 10.5 Å². The molecule has 36 heavy (non-hydrogen) atoms. The molecular formula is C23H22F2N6O4S. The van der Waals surface area contributed by atoms with Gasteiger partial charge in [-0.15, -0.1) is 11.3 Å². The van der Waals surface area contributed by atoms with Crippen LogP contribution in [0, 0.1) is 11.6 Å². The van der Waals surface area contributed by atoms with Gasteiger partial charge in [-0.25, -0.2) is 28.1 Å². The van der Waals surface area contributed by atoms with E-state index in [0.29, 0.717) is 23.4 Å². The normalized spacial score (nSPS) is 15.6. The Morgan fingerprint density at radius 3 is 2.67 bits per heavy atom. The Balaban J connectivity index is 1.59. The molecule has 3 aromatic rings. The first kappa shape index (κ1) is 25.0. The molecule has 0 spiro atoms. The second kappa shape index (κ2) is 11.1. The third-order valence-corrected chi connectivity index (χ3v) is 6.50. The van der Waals surface area contributed by atoms with Crippen molar-refractivity contribution in [1.29, 1.82) is 0 Å². The molecule has 1 aliphatic rings. The minimum absolute atomic E-state index is 0.0175. The number of rotatable bonds is 5. The molecule has 10 nitrogen and oxygen atoms in total. The van der Waals surface area contributed by atoms with Crippen LogP contribution in [0.15, 0.2) is 42.9 Å². The van der Waals surface area contributed by atoms with E-state index in [0.717, 1.165) is 36.3 Å². The van der Waals surface area contributed by atoms with Crippen molar-refractivity contribution in [2.75, 3.05) is 23.7 Å². The van der Waals surface area contributed by atoms with Crippen molar-refractivity contribution < 1.29 is 27.9 Å². The van der Waals surface area contributed by atoms with Gasteiger partial charge < -0.3 is 15.4 Å². The van der Waals surface area contributed by atoms with Crippen LogP contribution in [0.25, 0.3) is 10.4 Å². The van der Waals surface area contributed by atoms with E-state index >= 15 is 0 Å². The first-order valence-electron chi connectivity index (χ1n) is 11.0. The molecule has 13 heteroatoms. The third kappa shape index (κ3) is 6.10. The molecule has 1 saturated heterocycles. The molecule has 188 valence electrons. The Morgan fingerprint density at radius 2 is 1.94 bits per heavy atom. The van der Waals surface area contributed by atoms with Gasteiger partial charge >= 0.3 is 18.0 Å². The Bertz CT molecular complexity index is 1270.